The second-order valence-corrected chi connectivity index (χ2v) is 5.59. The number of methoxy groups -OCH3 is 1. The normalized spacial score (nSPS) is 14.1. The number of aromatic nitrogens is 1. The number of thiazole rings is 1. The van der Waals surface area contributed by atoms with Crippen molar-refractivity contribution in [1.82, 2.24) is 4.98 Å². The van der Waals surface area contributed by atoms with Gasteiger partial charge in [-0.15, -0.1) is 11.3 Å². The molecule has 5 nitrogen and oxygen atoms in total. The van der Waals surface area contributed by atoms with Crippen LogP contribution in [-0.4, -0.2) is 18.1 Å². The van der Waals surface area contributed by atoms with Crippen molar-refractivity contribution in [3.8, 4) is 0 Å². The SMILES string of the molecule is COC(=O)c1cccc(Nc2nc(C3CC3)cs2)c1N. The summed E-state index contributed by atoms with van der Waals surface area (Å²) in [7, 11) is 1.34. The summed E-state index contributed by atoms with van der Waals surface area (Å²) in [4.78, 5) is 16.1. The van der Waals surface area contributed by atoms with E-state index in [9.17, 15) is 4.79 Å². The van der Waals surface area contributed by atoms with E-state index in [1.165, 1.54) is 20.0 Å². The van der Waals surface area contributed by atoms with E-state index in [2.05, 4.69) is 15.7 Å². The Labute approximate surface area is 120 Å². The fourth-order valence-corrected chi connectivity index (χ4v) is 2.79. The van der Waals surface area contributed by atoms with Crippen LogP contribution in [0.25, 0.3) is 0 Å². The molecular formula is C14H15N3O2S. The molecule has 1 fully saturated rings. The fourth-order valence-electron chi connectivity index (χ4n) is 1.99. The first-order valence-electron chi connectivity index (χ1n) is 6.38. The van der Waals surface area contributed by atoms with Gasteiger partial charge in [0.05, 0.1) is 29.7 Å². The molecular weight excluding hydrogens is 274 g/mol. The Hall–Kier alpha value is -2.08. The third kappa shape index (κ3) is 2.46. The van der Waals surface area contributed by atoms with Crippen LogP contribution in [0.2, 0.25) is 0 Å². The molecule has 0 bridgehead atoms. The van der Waals surface area contributed by atoms with Gasteiger partial charge in [-0.05, 0) is 25.0 Å². The number of carbonyl (C=O) groups is 1. The van der Waals surface area contributed by atoms with Crippen LogP contribution in [0.5, 0.6) is 0 Å². The molecule has 1 heterocycles. The third-order valence-corrected chi connectivity index (χ3v) is 4.05. The summed E-state index contributed by atoms with van der Waals surface area (Å²) in [6.45, 7) is 0. The quantitative estimate of drug-likeness (QED) is 0.668. The highest BCUT2D eigenvalue weighted by Gasteiger charge is 2.26. The Morgan fingerprint density at radius 1 is 1.50 bits per heavy atom. The fraction of sp³-hybridized carbons (Fsp3) is 0.286. The van der Waals surface area contributed by atoms with Crippen LogP contribution in [0.4, 0.5) is 16.5 Å². The second-order valence-electron chi connectivity index (χ2n) is 4.74. The van der Waals surface area contributed by atoms with Gasteiger partial charge in [0.15, 0.2) is 5.13 Å². The van der Waals surface area contributed by atoms with Crippen molar-refractivity contribution >= 4 is 33.8 Å². The molecule has 1 aliphatic carbocycles. The number of nitrogens with one attached hydrogen (secondary N) is 1. The van der Waals surface area contributed by atoms with E-state index in [0.29, 0.717) is 22.9 Å². The van der Waals surface area contributed by atoms with Crippen LogP contribution in [0, 0.1) is 0 Å². The molecule has 20 heavy (non-hydrogen) atoms. The number of hydrogen-bond acceptors (Lipinski definition) is 6. The van der Waals surface area contributed by atoms with Gasteiger partial charge in [0.2, 0.25) is 0 Å². The third-order valence-electron chi connectivity index (χ3n) is 3.27. The molecule has 2 aromatic rings. The number of anilines is 3. The topological polar surface area (TPSA) is 77.2 Å². The number of nitrogens with zero attached hydrogens (tertiary/aromatic N) is 1. The van der Waals surface area contributed by atoms with Crippen molar-refractivity contribution < 1.29 is 9.53 Å². The van der Waals surface area contributed by atoms with Gasteiger partial charge in [-0.2, -0.15) is 0 Å². The predicted molar refractivity (Wildman–Crippen MR) is 79.6 cm³/mol. The van der Waals surface area contributed by atoms with E-state index in [-0.39, 0.29) is 0 Å². The predicted octanol–water partition coefficient (Wildman–Crippen LogP) is 3.13. The minimum Gasteiger partial charge on any atom is -0.465 e. The largest absolute Gasteiger partial charge is 0.465 e. The summed E-state index contributed by atoms with van der Waals surface area (Å²) in [6, 6.07) is 5.23. The lowest BCUT2D eigenvalue weighted by Gasteiger charge is -2.09. The lowest BCUT2D eigenvalue weighted by molar-refractivity contribution is 0.0602. The minimum atomic E-state index is -0.441. The molecule has 104 valence electrons. The van der Waals surface area contributed by atoms with Gasteiger partial charge < -0.3 is 15.8 Å². The molecule has 0 spiro atoms. The summed E-state index contributed by atoms with van der Waals surface area (Å²) in [6.07, 6.45) is 2.45. The van der Waals surface area contributed by atoms with Gasteiger partial charge >= 0.3 is 5.97 Å². The van der Waals surface area contributed by atoms with Crippen molar-refractivity contribution in [2.75, 3.05) is 18.2 Å². The molecule has 3 rings (SSSR count). The monoisotopic (exact) mass is 289 g/mol. The van der Waals surface area contributed by atoms with Crippen LogP contribution >= 0.6 is 11.3 Å². The van der Waals surface area contributed by atoms with Crippen molar-refractivity contribution in [1.29, 1.82) is 0 Å². The van der Waals surface area contributed by atoms with Gasteiger partial charge in [0.1, 0.15) is 0 Å². The average Bonchev–Trinajstić information content (AvgIpc) is 3.21. The Kier molecular flexibility index (Phi) is 3.31. The standard InChI is InChI=1S/C14H15N3O2S/c1-19-13(18)9-3-2-4-10(12(9)15)16-14-17-11(7-20-14)8-5-6-8/h2-4,7-8H,5-6,15H2,1H3,(H,16,17). The summed E-state index contributed by atoms with van der Waals surface area (Å²) in [5, 5.41) is 6.03. The lowest BCUT2D eigenvalue weighted by atomic mass is 10.1. The number of rotatable bonds is 4. The first-order chi connectivity index (χ1) is 9.69. The maximum absolute atomic E-state index is 11.6. The van der Waals surface area contributed by atoms with E-state index in [0.717, 1.165) is 10.8 Å². The Bertz CT molecular complexity index is 650. The Morgan fingerprint density at radius 2 is 2.30 bits per heavy atom. The Balaban J connectivity index is 1.84. The Morgan fingerprint density at radius 3 is 3.00 bits per heavy atom. The number of nitrogen functional groups attached to an aromatic ring is 1. The molecule has 0 unspecified atom stereocenters. The number of hydrogen-bond donors (Lipinski definition) is 2. The summed E-state index contributed by atoms with van der Waals surface area (Å²) >= 11 is 1.55. The molecule has 6 heteroatoms. The highest BCUT2D eigenvalue weighted by atomic mass is 32.1. The molecule has 0 aliphatic heterocycles. The van der Waals surface area contributed by atoms with Gasteiger partial charge in [0.25, 0.3) is 0 Å². The van der Waals surface area contributed by atoms with Gasteiger partial charge in [0, 0.05) is 11.3 Å². The highest BCUT2D eigenvalue weighted by Crippen LogP contribution is 2.41. The van der Waals surface area contributed by atoms with Crippen LogP contribution in [0.15, 0.2) is 23.6 Å². The van der Waals surface area contributed by atoms with Crippen LogP contribution in [-0.2, 0) is 4.74 Å². The van der Waals surface area contributed by atoms with Crippen LogP contribution in [0.1, 0.15) is 34.8 Å². The van der Waals surface area contributed by atoms with E-state index in [1.807, 2.05) is 6.07 Å². The van der Waals surface area contributed by atoms with E-state index < -0.39 is 5.97 Å². The smallest absolute Gasteiger partial charge is 0.340 e. The number of ether oxygens (including phenoxy) is 1. The van der Waals surface area contributed by atoms with E-state index in [4.69, 9.17) is 10.5 Å². The molecule has 0 amide bonds. The lowest BCUT2D eigenvalue weighted by Crippen LogP contribution is -2.07. The zero-order chi connectivity index (χ0) is 14.1. The van der Waals surface area contributed by atoms with Crippen LogP contribution < -0.4 is 11.1 Å². The number of carbonyl (C=O) groups excluding carboxylic acids is 1. The molecule has 1 saturated carbocycles. The molecule has 3 N–H and O–H groups in total. The van der Waals surface area contributed by atoms with E-state index in [1.54, 1.807) is 23.5 Å². The van der Waals surface area contributed by atoms with Crippen LogP contribution in [0.3, 0.4) is 0 Å². The molecule has 0 radical (unpaired) electrons. The molecule has 0 atom stereocenters. The first kappa shape index (κ1) is 12.9. The molecule has 0 saturated heterocycles. The zero-order valence-electron chi connectivity index (χ0n) is 11.1. The van der Waals surface area contributed by atoms with Gasteiger partial charge in [-0.1, -0.05) is 6.07 Å². The average molecular weight is 289 g/mol. The molecule has 1 aromatic carbocycles. The van der Waals surface area contributed by atoms with Crippen molar-refractivity contribution in [2.24, 2.45) is 0 Å². The maximum Gasteiger partial charge on any atom is 0.340 e. The van der Waals surface area contributed by atoms with Crippen molar-refractivity contribution in [2.45, 2.75) is 18.8 Å². The van der Waals surface area contributed by atoms with Crippen molar-refractivity contribution in [3.05, 3.63) is 34.8 Å². The summed E-state index contributed by atoms with van der Waals surface area (Å²) < 4.78 is 4.71. The van der Waals surface area contributed by atoms with Gasteiger partial charge in [-0.3, -0.25) is 0 Å². The number of para-hydroxylation sites is 1. The zero-order valence-corrected chi connectivity index (χ0v) is 11.9. The van der Waals surface area contributed by atoms with E-state index >= 15 is 0 Å². The highest BCUT2D eigenvalue weighted by molar-refractivity contribution is 7.13. The summed E-state index contributed by atoms with van der Waals surface area (Å²) in [5.74, 6) is 0.185. The molecule has 1 aliphatic rings. The summed E-state index contributed by atoms with van der Waals surface area (Å²) in [5.41, 5.74) is 8.55. The maximum atomic E-state index is 11.6. The van der Waals surface area contributed by atoms with Gasteiger partial charge in [-0.25, -0.2) is 9.78 Å². The first-order valence-corrected chi connectivity index (χ1v) is 7.26. The number of esters is 1. The second kappa shape index (κ2) is 5.13. The minimum absolute atomic E-state index is 0.358. The number of nitrogens with two attached hydrogens (primary N) is 1. The van der Waals surface area contributed by atoms with Crippen molar-refractivity contribution in [3.63, 3.8) is 0 Å². The molecule has 1 aromatic heterocycles. The number of benzene rings is 1.